The molecular weight excluding hydrogens is 424 g/mol. The fourth-order valence-electron chi connectivity index (χ4n) is 8.22. The quantitative estimate of drug-likeness (QED) is 0.306. The molecule has 2 unspecified atom stereocenters. The van der Waals surface area contributed by atoms with Crippen molar-refractivity contribution in [1.82, 2.24) is 0 Å². The second-order valence-corrected chi connectivity index (χ2v) is 12.3. The number of hydrogen-bond acceptors (Lipinski definition) is 5. The maximum atomic E-state index is 13.2. The molecule has 2 N–H and O–H groups in total. The predicted molar refractivity (Wildman–Crippen MR) is 126 cm³/mol. The van der Waals surface area contributed by atoms with E-state index in [4.69, 9.17) is 26.3 Å². The van der Waals surface area contributed by atoms with E-state index in [1.165, 1.54) is 0 Å². The Morgan fingerprint density at radius 1 is 1.16 bits per heavy atom. The van der Waals surface area contributed by atoms with Crippen LogP contribution < -0.4 is 0 Å². The number of epoxide rings is 1. The first kappa shape index (κ1) is 21.0. The van der Waals surface area contributed by atoms with Crippen molar-refractivity contribution in [3.8, 4) is 0 Å². The smallest absolute Gasteiger partial charge is 0.162 e. The van der Waals surface area contributed by atoms with Crippen LogP contribution in [0.1, 0.15) is 52.2 Å². The molecule has 2 saturated carbocycles. The largest absolute Gasteiger partial charge is 0.383 e. The lowest BCUT2D eigenvalue weighted by Gasteiger charge is -2.69. The molecule has 3 aliphatic carbocycles. The fourth-order valence-corrected chi connectivity index (χ4v) is 8.66. The van der Waals surface area contributed by atoms with E-state index in [0.29, 0.717) is 23.4 Å². The molecule has 1 aromatic carbocycles. The summed E-state index contributed by atoms with van der Waals surface area (Å²) in [4.78, 5) is 9.71. The van der Waals surface area contributed by atoms with Gasteiger partial charge >= 0.3 is 0 Å². The first-order valence-electron chi connectivity index (χ1n) is 11.4. The summed E-state index contributed by atoms with van der Waals surface area (Å²) in [5.74, 6) is -0.411. The van der Waals surface area contributed by atoms with Crippen LogP contribution in [0.25, 0.3) is 0 Å². The van der Waals surface area contributed by atoms with E-state index in [1.807, 2.05) is 32.9 Å². The van der Waals surface area contributed by atoms with Gasteiger partial charge in [-0.3, -0.25) is 9.98 Å². The zero-order valence-corrected chi connectivity index (χ0v) is 20.1. The van der Waals surface area contributed by atoms with E-state index < -0.39 is 45.0 Å². The molecule has 5 nitrogen and oxygen atoms in total. The first-order valence-corrected chi connectivity index (χ1v) is 11.8. The van der Waals surface area contributed by atoms with Gasteiger partial charge in [-0.15, -0.1) is 18.2 Å². The van der Waals surface area contributed by atoms with Crippen LogP contribution >= 0.6 is 11.6 Å². The Hall–Kier alpha value is -1.53. The second kappa shape index (κ2) is 5.41. The van der Waals surface area contributed by atoms with E-state index in [9.17, 15) is 10.2 Å². The molecule has 0 amide bonds. The zero-order valence-electron chi connectivity index (χ0n) is 19.3. The number of rotatable bonds is 2. The molecule has 0 radical (unpaired) electrons. The van der Waals surface area contributed by atoms with Crippen LogP contribution in [0.3, 0.4) is 0 Å². The molecule has 0 bridgehead atoms. The number of aliphatic imine (C=N–C) groups is 2. The van der Waals surface area contributed by atoms with Crippen molar-refractivity contribution in [1.29, 1.82) is 0 Å². The molecule has 32 heavy (non-hydrogen) atoms. The average Bonchev–Trinajstić information content (AvgIpc) is 3.49. The lowest BCUT2D eigenvalue weighted by molar-refractivity contribution is -0.253. The second-order valence-electron chi connectivity index (χ2n) is 11.7. The zero-order chi connectivity index (χ0) is 23.3. The van der Waals surface area contributed by atoms with Crippen LogP contribution in [-0.2, 0) is 15.8 Å². The fraction of sp³-hybridized carbons (Fsp3) is 0.615. The summed E-state index contributed by atoms with van der Waals surface area (Å²) in [6.45, 7) is 18.4. The van der Waals surface area contributed by atoms with Gasteiger partial charge in [0, 0.05) is 27.7 Å². The van der Waals surface area contributed by atoms with Gasteiger partial charge in [-0.2, -0.15) is 0 Å². The molecular formula is C26H31ClN2O3. The predicted octanol–water partition coefficient (Wildman–Crippen LogP) is 4.05. The summed E-state index contributed by atoms with van der Waals surface area (Å²) in [7, 11) is 0. The lowest BCUT2D eigenvalue weighted by Crippen LogP contribution is -2.83. The minimum absolute atomic E-state index is 0.284. The minimum Gasteiger partial charge on any atom is -0.383 e. The van der Waals surface area contributed by atoms with Gasteiger partial charge in [-0.1, -0.05) is 52.8 Å². The van der Waals surface area contributed by atoms with Crippen LogP contribution in [0.2, 0.25) is 0 Å². The van der Waals surface area contributed by atoms with Crippen molar-refractivity contribution in [3.63, 3.8) is 0 Å². The molecule has 1 aromatic rings. The number of aliphatic hydroxyl groups is 2. The Morgan fingerprint density at radius 3 is 2.47 bits per heavy atom. The van der Waals surface area contributed by atoms with Gasteiger partial charge in [0.2, 0.25) is 0 Å². The van der Waals surface area contributed by atoms with Gasteiger partial charge in [0.1, 0.15) is 17.2 Å². The summed E-state index contributed by atoms with van der Waals surface area (Å²) in [5.41, 5.74) is -3.83. The summed E-state index contributed by atoms with van der Waals surface area (Å²) < 4.78 is 6.34. The van der Waals surface area contributed by atoms with Crippen molar-refractivity contribution in [2.75, 3.05) is 0 Å². The normalized spacial score (nSPS) is 50.4. The topological polar surface area (TPSA) is 77.7 Å². The number of benzene rings is 1. The Bertz CT molecular complexity index is 1140. The standard InChI is InChI=1S/C26H31ClN2O3/c1-8-23(6)16(27)12-15-21(2,3)13-10-9-11-14-17(13)24(30)20(29-14)22(4,5)18-19(32-18)25(23,28-7)26(15,24)31/h8-11,15-16,18-19,30-31H,1,7,12H2,2-6H3/t15-,16-,18-,19?,23+,24?,25+,26-/m1/s1. The molecule has 2 aliphatic heterocycles. The van der Waals surface area contributed by atoms with Crippen LogP contribution in [0.15, 0.2) is 40.8 Å². The van der Waals surface area contributed by atoms with E-state index in [2.05, 4.69) is 33.2 Å². The molecule has 8 atom stereocenters. The molecule has 170 valence electrons. The molecule has 0 aromatic heterocycles. The monoisotopic (exact) mass is 454 g/mol. The Kier molecular flexibility index (Phi) is 3.55. The van der Waals surface area contributed by atoms with Crippen LogP contribution in [0.5, 0.6) is 0 Å². The lowest BCUT2D eigenvalue weighted by atomic mass is 9.39. The van der Waals surface area contributed by atoms with Crippen molar-refractivity contribution in [3.05, 3.63) is 42.0 Å². The van der Waals surface area contributed by atoms with E-state index in [0.717, 1.165) is 5.56 Å². The van der Waals surface area contributed by atoms with Crippen LogP contribution in [0, 0.1) is 16.7 Å². The first-order chi connectivity index (χ1) is 14.8. The third-order valence-electron chi connectivity index (χ3n) is 9.99. The third kappa shape index (κ3) is 1.67. The molecule has 6 heteroatoms. The van der Waals surface area contributed by atoms with Gasteiger partial charge < -0.3 is 14.9 Å². The Balaban J connectivity index is 1.85. The van der Waals surface area contributed by atoms with Gasteiger partial charge in [0.15, 0.2) is 5.60 Å². The van der Waals surface area contributed by atoms with Crippen LogP contribution in [0.4, 0.5) is 5.69 Å². The highest BCUT2D eigenvalue weighted by Crippen LogP contribution is 2.76. The van der Waals surface area contributed by atoms with Gasteiger partial charge in [-0.05, 0) is 30.2 Å². The van der Waals surface area contributed by atoms with E-state index in [-0.39, 0.29) is 11.5 Å². The highest BCUT2D eigenvalue weighted by molar-refractivity contribution is 6.21. The number of fused-ring (bicyclic) bond motifs is 2. The summed E-state index contributed by atoms with van der Waals surface area (Å²) in [6.07, 6.45) is 1.53. The van der Waals surface area contributed by atoms with Crippen molar-refractivity contribution in [2.45, 2.75) is 80.8 Å². The van der Waals surface area contributed by atoms with E-state index >= 15 is 0 Å². The van der Waals surface area contributed by atoms with Gasteiger partial charge in [-0.25, -0.2) is 0 Å². The molecule has 0 spiro atoms. The molecule has 2 heterocycles. The number of halogens is 1. The third-order valence-corrected chi connectivity index (χ3v) is 10.6. The van der Waals surface area contributed by atoms with Crippen molar-refractivity contribution >= 4 is 29.7 Å². The highest BCUT2D eigenvalue weighted by atomic mass is 35.5. The maximum Gasteiger partial charge on any atom is 0.162 e. The van der Waals surface area contributed by atoms with Crippen molar-refractivity contribution < 1.29 is 14.9 Å². The highest BCUT2D eigenvalue weighted by Gasteiger charge is 2.89. The number of ether oxygens (including phenoxy) is 1. The molecule has 6 rings (SSSR count). The van der Waals surface area contributed by atoms with Crippen LogP contribution in [-0.4, -0.2) is 51.4 Å². The summed E-state index contributed by atoms with van der Waals surface area (Å²) >= 11 is 7.14. The Morgan fingerprint density at radius 2 is 1.84 bits per heavy atom. The number of alkyl halides is 1. The minimum atomic E-state index is -1.74. The Labute approximate surface area is 194 Å². The van der Waals surface area contributed by atoms with Crippen molar-refractivity contribution in [2.24, 2.45) is 26.7 Å². The molecule has 3 fully saturated rings. The SMILES string of the molecule is C=C[C@@]1(C)[C@H](Cl)C[C@@H]2C(C)(C)c3cccc4c3C3(O)C(=N4)C(C)(C)[C@@H]4OC4[C@@]1(N=C)[C@@]23O. The number of nitrogens with zero attached hydrogens (tertiary/aromatic N) is 2. The van der Waals surface area contributed by atoms with Gasteiger partial charge in [0.25, 0.3) is 0 Å². The summed E-state index contributed by atoms with van der Waals surface area (Å²) in [5, 5.41) is 25.8. The average molecular weight is 455 g/mol. The number of hydrogen-bond donors (Lipinski definition) is 2. The maximum absolute atomic E-state index is 13.2. The molecule has 5 aliphatic rings. The van der Waals surface area contributed by atoms with Gasteiger partial charge in [0.05, 0.1) is 17.5 Å². The molecule has 1 saturated heterocycles. The van der Waals surface area contributed by atoms with E-state index in [1.54, 1.807) is 6.08 Å². The summed E-state index contributed by atoms with van der Waals surface area (Å²) in [6, 6.07) is 5.95.